The number of nitrogens with two attached hydrogens (primary N) is 2. The maximum absolute atomic E-state index is 12.8. The zero-order chi connectivity index (χ0) is 24.3. The number of aliphatic carboxylic acids is 1. The molecule has 15 heteroatoms. The first-order chi connectivity index (χ1) is 15.1. The number of hydrogen-bond donors (Lipinski definition) is 9. The summed E-state index contributed by atoms with van der Waals surface area (Å²) in [5, 5.41) is 33.9. The molecule has 0 fully saturated rings. The van der Waals surface area contributed by atoms with E-state index in [1.54, 1.807) is 0 Å². The molecule has 178 valence electrons. The highest BCUT2D eigenvalue weighted by atomic mass is 16.4. The average molecular weight is 457 g/mol. The van der Waals surface area contributed by atoms with Gasteiger partial charge in [-0.3, -0.25) is 19.2 Å². The van der Waals surface area contributed by atoms with Crippen molar-refractivity contribution in [2.24, 2.45) is 11.5 Å². The van der Waals surface area contributed by atoms with Gasteiger partial charge < -0.3 is 47.7 Å². The number of rotatable bonds is 14. The number of aliphatic hydroxyl groups excluding tert-OH is 2. The van der Waals surface area contributed by atoms with E-state index in [4.69, 9.17) is 26.8 Å². The van der Waals surface area contributed by atoms with Gasteiger partial charge in [-0.15, -0.1) is 0 Å². The standard InChI is InChI=1S/C17H27N7O8/c18-9(5-25)14(28)22-10(1-2-13(19)27)15(29)23-11(3-8-4-20-7-21-8)16(30)24-12(6-26)17(31)32/h4,7,9-12,25-26H,1-3,5-6,18H2,(H2,19,27)(H,20,21)(H,22,28)(H,23,29)(H,24,30)(H,31,32). The van der Waals surface area contributed by atoms with E-state index in [1.807, 2.05) is 0 Å². The minimum absolute atomic E-state index is 0.137. The molecule has 1 rings (SSSR count). The number of imidazole rings is 1. The summed E-state index contributed by atoms with van der Waals surface area (Å²) in [6.07, 6.45) is 2.06. The third-order valence-corrected chi connectivity index (χ3v) is 4.25. The molecule has 0 spiro atoms. The predicted octanol–water partition coefficient (Wildman–Crippen LogP) is -4.93. The highest BCUT2D eigenvalue weighted by molar-refractivity contribution is 5.94. The highest BCUT2D eigenvalue weighted by Gasteiger charge is 2.30. The third kappa shape index (κ3) is 8.66. The zero-order valence-corrected chi connectivity index (χ0v) is 17.0. The first kappa shape index (κ1) is 26.5. The van der Waals surface area contributed by atoms with Crippen LogP contribution in [0.5, 0.6) is 0 Å². The van der Waals surface area contributed by atoms with E-state index in [0.29, 0.717) is 5.69 Å². The predicted molar refractivity (Wildman–Crippen MR) is 106 cm³/mol. The molecule has 4 amide bonds. The summed E-state index contributed by atoms with van der Waals surface area (Å²) in [6, 6.07) is -5.62. The number of aromatic amines is 1. The molecule has 4 unspecified atom stereocenters. The van der Waals surface area contributed by atoms with Crippen molar-refractivity contribution in [3.63, 3.8) is 0 Å². The van der Waals surface area contributed by atoms with Gasteiger partial charge in [-0.05, 0) is 6.42 Å². The van der Waals surface area contributed by atoms with E-state index in [-0.39, 0.29) is 19.3 Å². The van der Waals surface area contributed by atoms with E-state index in [1.165, 1.54) is 12.5 Å². The normalized spacial score (nSPS) is 14.5. The van der Waals surface area contributed by atoms with Gasteiger partial charge in [0.25, 0.3) is 0 Å². The highest BCUT2D eigenvalue weighted by Crippen LogP contribution is 2.04. The van der Waals surface area contributed by atoms with Crippen molar-refractivity contribution in [3.05, 3.63) is 18.2 Å². The summed E-state index contributed by atoms with van der Waals surface area (Å²) in [7, 11) is 0. The molecular formula is C17H27N7O8. The van der Waals surface area contributed by atoms with Crippen LogP contribution in [0.25, 0.3) is 0 Å². The van der Waals surface area contributed by atoms with Crippen LogP contribution in [0.3, 0.4) is 0 Å². The van der Waals surface area contributed by atoms with Gasteiger partial charge in [-0.2, -0.15) is 0 Å². The molecule has 0 aliphatic heterocycles. The average Bonchev–Trinajstić information content (AvgIpc) is 3.25. The molecule has 0 aromatic carbocycles. The second-order valence-corrected chi connectivity index (χ2v) is 6.78. The Morgan fingerprint density at radius 3 is 2.06 bits per heavy atom. The lowest BCUT2D eigenvalue weighted by Crippen LogP contribution is -2.58. The first-order valence-corrected chi connectivity index (χ1v) is 9.45. The number of nitrogens with one attached hydrogen (secondary N) is 4. The van der Waals surface area contributed by atoms with Gasteiger partial charge in [0, 0.05) is 24.7 Å². The minimum Gasteiger partial charge on any atom is -0.480 e. The zero-order valence-electron chi connectivity index (χ0n) is 17.0. The number of aromatic nitrogens is 2. The largest absolute Gasteiger partial charge is 0.480 e. The van der Waals surface area contributed by atoms with Gasteiger partial charge in [0.05, 0.1) is 19.5 Å². The molecule has 1 aromatic rings. The van der Waals surface area contributed by atoms with Crippen LogP contribution in [0.15, 0.2) is 12.5 Å². The number of carboxylic acid groups (broad SMARTS) is 1. The molecule has 15 nitrogen and oxygen atoms in total. The van der Waals surface area contributed by atoms with Crippen LogP contribution in [-0.4, -0.2) is 92.3 Å². The second kappa shape index (κ2) is 13.0. The molecule has 0 radical (unpaired) electrons. The van der Waals surface area contributed by atoms with Crippen LogP contribution in [0, 0.1) is 0 Å². The van der Waals surface area contributed by atoms with E-state index < -0.39 is 67.0 Å². The van der Waals surface area contributed by atoms with Crippen LogP contribution < -0.4 is 27.4 Å². The number of hydrogen-bond acceptors (Lipinski definition) is 9. The summed E-state index contributed by atoms with van der Waals surface area (Å²) in [5.74, 6) is -4.93. The van der Waals surface area contributed by atoms with Crippen molar-refractivity contribution >= 4 is 29.6 Å². The SMILES string of the molecule is NC(=O)CCC(NC(=O)C(N)CO)C(=O)NC(Cc1cnc[nH]1)C(=O)NC(CO)C(=O)O. The number of primary amides is 1. The quantitative estimate of drug-likeness (QED) is 0.128. The molecule has 0 aliphatic carbocycles. The van der Waals surface area contributed by atoms with E-state index in [0.717, 1.165) is 0 Å². The lowest BCUT2D eigenvalue weighted by atomic mass is 10.1. The molecular weight excluding hydrogens is 430 g/mol. The van der Waals surface area contributed by atoms with Crippen molar-refractivity contribution in [1.29, 1.82) is 0 Å². The molecule has 0 aliphatic rings. The molecule has 0 saturated heterocycles. The number of carboxylic acids is 1. The Hall–Kier alpha value is -3.56. The van der Waals surface area contributed by atoms with Crippen molar-refractivity contribution in [2.45, 2.75) is 43.4 Å². The number of carbonyl (C=O) groups excluding carboxylic acids is 4. The van der Waals surface area contributed by atoms with Crippen LogP contribution in [-0.2, 0) is 30.4 Å². The molecule has 0 saturated carbocycles. The van der Waals surface area contributed by atoms with Gasteiger partial charge in [0.2, 0.25) is 23.6 Å². The van der Waals surface area contributed by atoms with Gasteiger partial charge in [0.15, 0.2) is 0 Å². The summed E-state index contributed by atoms with van der Waals surface area (Å²) < 4.78 is 0. The number of amides is 4. The molecule has 1 heterocycles. The Bertz CT molecular complexity index is 801. The maximum Gasteiger partial charge on any atom is 0.328 e. The van der Waals surface area contributed by atoms with Crippen molar-refractivity contribution in [3.8, 4) is 0 Å². The summed E-state index contributed by atoms with van der Waals surface area (Å²) >= 11 is 0. The smallest absolute Gasteiger partial charge is 0.328 e. The minimum atomic E-state index is -1.61. The van der Waals surface area contributed by atoms with Crippen molar-refractivity contribution in [2.75, 3.05) is 13.2 Å². The summed E-state index contributed by atoms with van der Waals surface area (Å²) in [6.45, 7) is -1.58. The first-order valence-electron chi connectivity index (χ1n) is 9.45. The number of nitrogens with zero attached hydrogens (tertiary/aromatic N) is 1. The molecule has 4 atom stereocenters. The fraction of sp³-hybridized carbons (Fsp3) is 0.529. The summed E-state index contributed by atoms with van der Waals surface area (Å²) in [4.78, 5) is 66.1. The summed E-state index contributed by atoms with van der Waals surface area (Å²) in [5.41, 5.74) is 10.9. The van der Waals surface area contributed by atoms with Gasteiger partial charge >= 0.3 is 5.97 Å². The fourth-order valence-corrected chi connectivity index (χ4v) is 2.47. The van der Waals surface area contributed by atoms with Crippen molar-refractivity contribution < 1.29 is 39.3 Å². The number of carbonyl (C=O) groups is 5. The lowest BCUT2D eigenvalue weighted by Gasteiger charge is -2.24. The Balaban J connectivity index is 3.03. The molecule has 1 aromatic heterocycles. The van der Waals surface area contributed by atoms with Gasteiger partial charge in [0.1, 0.15) is 24.2 Å². The molecule has 32 heavy (non-hydrogen) atoms. The van der Waals surface area contributed by atoms with Gasteiger partial charge in [-0.1, -0.05) is 0 Å². The Labute approximate surface area is 181 Å². The molecule has 0 bridgehead atoms. The third-order valence-electron chi connectivity index (χ3n) is 4.25. The van der Waals surface area contributed by atoms with E-state index in [2.05, 4.69) is 25.9 Å². The topological polar surface area (TPSA) is 263 Å². The van der Waals surface area contributed by atoms with Crippen LogP contribution >= 0.6 is 0 Å². The Kier molecular flexibility index (Phi) is 10.7. The Morgan fingerprint density at radius 2 is 1.56 bits per heavy atom. The van der Waals surface area contributed by atoms with Gasteiger partial charge in [-0.25, -0.2) is 9.78 Å². The maximum atomic E-state index is 12.8. The number of H-pyrrole nitrogens is 1. The van der Waals surface area contributed by atoms with Crippen LogP contribution in [0.1, 0.15) is 18.5 Å². The van der Waals surface area contributed by atoms with Crippen LogP contribution in [0.4, 0.5) is 0 Å². The van der Waals surface area contributed by atoms with Crippen LogP contribution in [0.2, 0.25) is 0 Å². The second-order valence-electron chi connectivity index (χ2n) is 6.78. The Morgan fingerprint density at radius 1 is 0.969 bits per heavy atom. The monoisotopic (exact) mass is 457 g/mol. The van der Waals surface area contributed by atoms with E-state index >= 15 is 0 Å². The van der Waals surface area contributed by atoms with E-state index in [9.17, 15) is 24.0 Å². The lowest BCUT2D eigenvalue weighted by molar-refractivity contribution is -0.143. The molecule has 11 N–H and O–H groups in total. The fourth-order valence-electron chi connectivity index (χ4n) is 2.47. The van der Waals surface area contributed by atoms with Crippen molar-refractivity contribution in [1.82, 2.24) is 25.9 Å². The number of aliphatic hydroxyl groups is 2.